The van der Waals surface area contributed by atoms with Crippen molar-refractivity contribution in [1.82, 2.24) is 9.97 Å². The van der Waals surface area contributed by atoms with Crippen molar-refractivity contribution in [1.29, 1.82) is 0 Å². The molecule has 66 valence electrons. The molecule has 0 spiro atoms. The van der Waals surface area contributed by atoms with Gasteiger partial charge in [-0.15, -0.1) is 0 Å². The van der Waals surface area contributed by atoms with Crippen LogP contribution in [0.25, 0.3) is 0 Å². The van der Waals surface area contributed by atoms with Crippen molar-refractivity contribution in [2.45, 2.75) is 6.92 Å². The van der Waals surface area contributed by atoms with Crippen molar-refractivity contribution in [3.8, 4) is 0 Å². The molecule has 0 radical (unpaired) electrons. The van der Waals surface area contributed by atoms with Crippen molar-refractivity contribution < 1.29 is 4.74 Å². The van der Waals surface area contributed by atoms with Gasteiger partial charge in [0, 0.05) is 26.0 Å². The molecule has 0 saturated carbocycles. The summed E-state index contributed by atoms with van der Waals surface area (Å²) in [6.45, 7) is 3.36. The van der Waals surface area contributed by atoms with Gasteiger partial charge in [0.15, 0.2) is 0 Å². The highest BCUT2D eigenvalue weighted by atomic mass is 16.5. The summed E-state index contributed by atoms with van der Waals surface area (Å²) in [4.78, 5) is 8.14. The van der Waals surface area contributed by atoms with Gasteiger partial charge in [-0.25, -0.2) is 9.97 Å². The highest BCUT2D eigenvalue weighted by Gasteiger charge is 1.92. The molecule has 0 aliphatic heterocycles. The van der Waals surface area contributed by atoms with Crippen LogP contribution in [0.4, 0.5) is 5.95 Å². The highest BCUT2D eigenvalue weighted by Crippen LogP contribution is 1.96. The minimum atomic E-state index is 0.651. The van der Waals surface area contributed by atoms with Crippen LogP contribution >= 0.6 is 0 Å². The molecule has 0 saturated heterocycles. The van der Waals surface area contributed by atoms with Gasteiger partial charge >= 0.3 is 0 Å². The Labute approximate surface area is 72.0 Å². The van der Waals surface area contributed by atoms with Gasteiger partial charge in [-0.05, 0) is 12.5 Å². The predicted molar refractivity (Wildman–Crippen MR) is 47.1 cm³/mol. The summed E-state index contributed by atoms with van der Waals surface area (Å²) in [6, 6.07) is 0. The Morgan fingerprint density at radius 1 is 1.42 bits per heavy atom. The fourth-order valence-electron chi connectivity index (χ4n) is 0.749. The van der Waals surface area contributed by atoms with E-state index in [1.165, 1.54) is 0 Å². The van der Waals surface area contributed by atoms with Crippen molar-refractivity contribution >= 4 is 5.95 Å². The maximum absolute atomic E-state index is 4.87. The van der Waals surface area contributed by atoms with E-state index in [0.717, 1.165) is 12.1 Å². The Morgan fingerprint density at radius 2 is 2.08 bits per heavy atom. The van der Waals surface area contributed by atoms with Gasteiger partial charge in [0.2, 0.25) is 5.95 Å². The Hall–Kier alpha value is -1.16. The minimum absolute atomic E-state index is 0.651. The van der Waals surface area contributed by atoms with Gasteiger partial charge in [0.1, 0.15) is 0 Å². The number of anilines is 1. The number of hydrogen-bond donors (Lipinski definition) is 1. The lowest BCUT2D eigenvalue weighted by atomic mass is 10.4. The van der Waals surface area contributed by atoms with Crippen LogP contribution in [0.15, 0.2) is 12.4 Å². The van der Waals surface area contributed by atoms with Gasteiger partial charge in [0.05, 0.1) is 6.61 Å². The van der Waals surface area contributed by atoms with Crippen molar-refractivity contribution in [2.24, 2.45) is 0 Å². The number of ether oxygens (including phenoxy) is 1. The fraction of sp³-hybridized carbons (Fsp3) is 0.500. The van der Waals surface area contributed by atoms with Crippen LogP contribution in [-0.2, 0) is 4.74 Å². The van der Waals surface area contributed by atoms with Crippen LogP contribution in [0.3, 0.4) is 0 Å². The number of aromatic nitrogens is 2. The quantitative estimate of drug-likeness (QED) is 0.675. The second-order valence-corrected chi connectivity index (χ2v) is 2.50. The molecule has 4 heteroatoms. The summed E-state index contributed by atoms with van der Waals surface area (Å²) in [7, 11) is 1.66. The van der Waals surface area contributed by atoms with Crippen LogP contribution < -0.4 is 5.32 Å². The monoisotopic (exact) mass is 167 g/mol. The number of aryl methyl sites for hydroxylation is 1. The number of rotatable bonds is 4. The maximum Gasteiger partial charge on any atom is 0.222 e. The zero-order chi connectivity index (χ0) is 8.81. The smallest absolute Gasteiger partial charge is 0.222 e. The molecule has 12 heavy (non-hydrogen) atoms. The van der Waals surface area contributed by atoms with E-state index >= 15 is 0 Å². The average molecular weight is 167 g/mol. The first-order valence-corrected chi connectivity index (χ1v) is 3.84. The topological polar surface area (TPSA) is 47.0 Å². The number of nitrogens with one attached hydrogen (secondary N) is 1. The SMILES string of the molecule is COCCNc1ncc(C)cn1. The lowest BCUT2D eigenvalue weighted by Gasteiger charge is -2.02. The van der Waals surface area contributed by atoms with E-state index < -0.39 is 0 Å². The third kappa shape index (κ3) is 2.84. The van der Waals surface area contributed by atoms with Crippen LogP contribution in [-0.4, -0.2) is 30.2 Å². The molecule has 1 N–H and O–H groups in total. The molecule has 0 amide bonds. The van der Waals surface area contributed by atoms with E-state index in [9.17, 15) is 0 Å². The molecule has 0 aromatic carbocycles. The average Bonchev–Trinajstić information content (AvgIpc) is 2.09. The summed E-state index contributed by atoms with van der Waals surface area (Å²) in [5, 5.41) is 3.03. The molecule has 4 nitrogen and oxygen atoms in total. The summed E-state index contributed by atoms with van der Waals surface area (Å²) in [6.07, 6.45) is 3.56. The first-order chi connectivity index (χ1) is 5.83. The summed E-state index contributed by atoms with van der Waals surface area (Å²) < 4.78 is 4.87. The molecule has 0 aliphatic rings. The largest absolute Gasteiger partial charge is 0.383 e. The summed E-state index contributed by atoms with van der Waals surface area (Å²) in [5.74, 6) is 0.651. The predicted octanol–water partition coefficient (Wildman–Crippen LogP) is 0.843. The molecule has 1 aromatic rings. The molecule has 0 aliphatic carbocycles. The van der Waals surface area contributed by atoms with Crippen LogP contribution in [0, 0.1) is 6.92 Å². The Balaban J connectivity index is 2.37. The molecule has 1 heterocycles. The highest BCUT2D eigenvalue weighted by molar-refractivity contribution is 5.23. The standard InChI is InChI=1S/C8H13N3O/c1-7-5-10-8(11-6-7)9-3-4-12-2/h5-6H,3-4H2,1-2H3,(H,9,10,11). The lowest BCUT2D eigenvalue weighted by molar-refractivity contribution is 0.210. The third-order valence-corrected chi connectivity index (χ3v) is 1.37. The minimum Gasteiger partial charge on any atom is -0.383 e. The van der Waals surface area contributed by atoms with E-state index in [1.807, 2.05) is 6.92 Å². The lowest BCUT2D eigenvalue weighted by Crippen LogP contribution is -2.09. The maximum atomic E-state index is 4.87. The number of nitrogens with zero attached hydrogens (tertiary/aromatic N) is 2. The summed E-state index contributed by atoms with van der Waals surface area (Å²) >= 11 is 0. The molecule has 0 unspecified atom stereocenters. The van der Waals surface area contributed by atoms with Gasteiger partial charge in [-0.2, -0.15) is 0 Å². The molecule has 1 aromatic heterocycles. The summed E-state index contributed by atoms with van der Waals surface area (Å²) in [5.41, 5.74) is 1.06. The molecule has 0 bridgehead atoms. The Morgan fingerprint density at radius 3 is 2.67 bits per heavy atom. The second kappa shape index (κ2) is 4.66. The zero-order valence-corrected chi connectivity index (χ0v) is 7.37. The Bertz CT molecular complexity index is 222. The van der Waals surface area contributed by atoms with Gasteiger partial charge in [-0.3, -0.25) is 0 Å². The number of hydrogen-bond acceptors (Lipinski definition) is 4. The third-order valence-electron chi connectivity index (χ3n) is 1.37. The van der Waals surface area contributed by atoms with E-state index in [2.05, 4.69) is 15.3 Å². The van der Waals surface area contributed by atoms with Gasteiger partial charge in [-0.1, -0.05) is 0 Å². The van der Waals surface area contributed by atoms with E-state index in [0.29, 0.717) is 12.6 Å². The molecular weight excluding hydrogens is 154 g/mol. The van der Waals surface area contributed by atoms with E-state index in [4.69, 9.17) is 4.74 Å². The van der Waals surface area contributed by atoms with Crippen molar-refractivity contribution in [3.05, 3.63) is 18.0 Å². The van der Waals surface area contributed by atoms with Crippen LogP contribution in [0.5, 0.6) is 0 Å². The second-order valence-electron chi connectivity index (χ2n) is 2.50. The van der Waals surface area contributed by atoms with Crippen molar-refractivity contribution in [3.63, 3.8) is 0 Å². The molecule has 0 fully saturated rings. The molecule has 1 rings (SSSR count). The van der Waals surface area contributed by atoms with Gasteiger partial charge in [0.25, 0.3) is 0 Å². The fourth-order valence-corrected chi connectivity index (χ4v) is 0.749. The number of methoxy groups -OCH3 is 1. The van der Waals surface area contributed by atoms with Crippen molar-refractivity contribution in [2.75, 3.05) is 25.6 Å². The molecular formula is C8H13N3O. The normalized spacial score (nSPS) is 9.83. The Kier molecular flexibility index (Phi) is 3.47. The first kappa shape index (κ1) is 8.93. The van der Waals surface area contributed by atoms with Crippen LogP contribution in [0.1, 0.15) is 5.56 Å². The van der Waals surface area contributed by atoms with E-state index in [1.54, 1.807) is 19.5 Å². The first-order valence-electron chi connectivity index (χ1n) is 3.84. The van der Waals surface area contributed by atoms with Gasteiger partial charge < -0.3 is 10.1 Å². The van der Waals surface area contributed by atoms with Crippen LogP contribution in [0.2, 0.25) is 0 Å². The zero-order valence-electron chi connectivity index (χ0n) is 7.37. The molecule has 0 atom stereocenters. The van der Waals surface area contributed by atoms with E-state index in [-0.39, 0.29) is 0 Å².